The predicted octanol–water partition coefficient (Wildman–Crippen LogP) is 2.83. The van der Waals surface area contributed by atoms with Crippen molar-refractivity contribution in [3.63, 3.8) is 0 Å². The van der Waals surface area contributed by atoms with Gasteiger partial charge in [-0.2, -0.15) is 0 Å². The van der Waals surface area contributed by atoms with Crippen LogP contribution < -0.4 is 5.32 Å². The molecule has 0 spiro atoms. The molecule has 0 saturated carbocycles. The molecule has 3 N–H and O–H groups in total. The van der Waals surface area contributed by atoms with Crippen molar-refractivity contribution in [1.29, 1.82) is 0 Å². The maximum absolute atomic E-state index is 12.8. The highest BCUT2D eigenvalue weighted by Gasteiger charge is 2.29. The molecule has 0 saturated heterocycles. The van der Waals surface area contributed by atoms with Gasteiger partial charge in [0.1, 0.15) is 11.6 Å². The number of rotatable bonds is 6. The lowest BCUT2D eigenvalue weighted by Crippen LogP contribution is -2.23. The van der Waals surface area contributed by atoms with Crippen LogP contribution in [0.5, 0.6) is 0 Å². The smallest absolute Gasteiger partial charge is 0.323 e. The third-order valence-electron chi connectivity index (χ3n) is 3.12. The van der Waals surface area contributed by atoms with Crippen molar-refractivity contribution in [2.75, 3.05) is 6.54 Å². The molecule has 4 nitrogen and oxygen atoms in total. The van der Waals surface area contributed by atoms with Gasteiger partial charge in [-0.3, -0.25) is 9.88 Å². The third kappa shape index (κ3) is 4.76. The van der Waals surface area contributed by atoms with E-state index in [0.29, 0.717) is 18.5 Å². The Hall–Kier alpha value is -1.52. The minimum atomic E-state index is -4.30. The summed E-state index contributed by atoms with van der Waals surface area (Å²) in [5, 5.41) is 2.88. The molecule has 2 rings (SSSR count). The zero-order chi connectivity index (χ0) is 15.3. The topological polar surface area (TPSA) is 69.6 Å². The van der Waals surface area contributed by atoms with Crippen molar-refractivity contribution in [3.05, 3.63) is 71.5 Å². The molecule has 1 unspecified atom stereocenters. The van der Waals surface area contributed by atoms with E-state index in [1.807, 2.05) is 0 Å². The Balaban J connectivity index is 2.00. The van der Waals surface area contributed by atoms with Crippen molar-refractivity contribution in [1.82, 2.24) is 5.32 Å². The zero-order valence-corrected chi connectivity index (χ0v) is 12.2. The molecular weight excluding hydrogens is 292 g/mol. The second-order valence-corrected chi connectivity index (χ2v) is 6.43. The fourth-order valence-electron chi connectivity index (χ4n) is 2.07. The summed E-state index contributed by atoms with van der Waals surface area (Å²) in [5.74, 6) is -1.33. The van der Waals surface area contributed by atoms with Gasteiger partial charge >= 0.3 is 7.60 Å². The molecule has 0 bridgehead atoms. The lowest BCUT2D eigenvalue weighted by Gasteiger charge is -2.20. The van der Waals surface area contributed by atoms with Crippen molar-refractivity contribution in [2.24, 2.45) is 0 Å². The number of nitrogens with one attached hydrogen (secondary N) is 1. The van der Waals surface area contributed by atoms with Gasteiger partial charge in [-0.05, 0) is 29.7 Å². The highest BCUT2D eigenvalue weighted by molar-refractivity contribution is 7.52. The third-order valence-corrected chi connectivity index (χ3v) is 4.27. The Morgan fingerprint density at radius 2 is 1.67 bits per heavy atom. The van der Waals surface area contributed by atoms with Crippen LogP contribution >= 0.6 is 7.60 Å². The molecule has 0 aliphatic rings. The molecule has 6 heteroatoms. The normalized spacial score (nSPS) is 13.1. The minimum absolute atomic E-state index is 0.302. The highest BCUT2D eigenvalue weighted by atomic mass is 31.2. The van der Waals surface area contributed by atoms with Crippen LogP contribution in [-0.4, -0.2) is 16.3 Å². The van der Waals surface area contributed by atoms with E-state index < -0.39 is 13.4 Å². The molecule has 112 valence electrons. The summed E-state index contributed by atoms with van der Waals surface area (Å²) in [4.78, 5) is 18.9. The molecular formula is C15H17FNO3P. The monoisotopic (exact) mass is 309 g/mol. The Labute approximate surface area is 122 Å². The van der Waals surface area contributed by atoms with Gasteiger partial charge in [-0.1, -0.05) is 42.5 Å². The summed E-state index contributed by atoms with van der Waals surface area (Å²) in [6, 6.07) is 14.7. The van der Waals surface area contributed by atoms with E-state index in [1.165, 1.54) is 12.1 Å². The maximum Gasteiger partial charge on any atom is 0.346 e. The van der Waals surface area contributed by atoms with Gasteiger partial charge in [-0.25, -0.2) is 4.39 Å². The lowest BCUT2D eigenvalue weighted by molar-refractivity contribution is 0.348. The predicted molar refractivity (Wildman–Crippen MR) is 79.3 cm³/mol. The largest absolute Gasteiger partial charge is 0.346 e. The molecule has 2 aromatic rings. The Bertz CT molecular complexity index is 613. The summed E-state index contributed by atoms with van der Waals surface area (Å²) in [5.41, 5.74) is 1.45. The van der Waals surface area contributed by atoms with Gasteiger partial charge in [-0.15, -0.1) is 0 Å². The van der Waals surface area contributed by atoms with Crippen LogP contribution in [0.2, 0.25) is 0 Å². The van der Waals surface area contributed by atoms with E-state index in [-0.39, 0.29) is 5.82 Å². The summed E-state index contributed by atoms with van der Waals surface area (Å²) >= 11 is 0. The quantitative estimate of drug-likeness (QED) is 0.718. The van der Waals surface area contributed by atoms with Gasteiger partial charge in [0.25, 0.3) is 0 Å². The second kappa shape index (κ2) is 6.96. The fourth-order valence-corrected chi connectivity index (χ4v) is 3.00. The molecule has 2 aromatic carbocycles. The maximum atomic E-state index is 12.8. The summed E-state index contributed by atoms with van der Waals surface area (Å²) in [7, 11) is -4.30. The molecule has 0 aliphatic heterocycles. The van der Waals surface area contributed by atoms with Crippen LogP contribution in [0.3, 0.4) is 0 Å². The van der Waals surface area contributed by atoms with Crippen LogP contribution in [-0.2, 0) is 11.0 Å². The lowest BCUT2D eigenvalue weighted by atomic mass is 10.1. The van der Waals surface area contributed by atoms with Crippen LogP contribution in [0, 0.1) is 5.82 Å². The van der Waals surface area contributed by atoms with Gasteiger partial charge in [0.2, 0.25) is 0 Å². The van der Waals surface area contributed by atoms with Crippen LogP contribution in [0.4, 0.5) is 4.39 Å². The van der Waals surface area contributed by atoms with Crippen molar-refractivity contribution >= 4 is 7.60 Å². The number of hydrogen-bond donors (Lipinski definition) is 3. The SMILES string of the molecule is O=P(O)(O)C(NCCc1ccc(F)cc1)c1ccccc1. The second-order valence-electron chi connectivity index (χ2n) is 4.73. The molecule has 0 aliphatic carbocycles. The highest BCUT2D eigenvalue weighted by Crippen LogP contribution is 2.49. The standard InChI is InChI=1S/C15H17FNO3P/c16-14-8-6-12(7-9-14)10-11-17-15(21(18,19)20)13-4-2-1-3-5-13/h1-9,15,17H,10-11H2,(H2,18,19,20). The van der Waals surface area contributed by atoms with Crippen molar-refractivity contribution in [3.8, 4) is 0 Å². The summed E-state index contributed by atoms with van der Waals surface area (Å²) in [6.45, 7) is 0.385. The van der Waals surface area contributed by atoms with Crippen LogP contribution in [0.15, 0.2) is 54.6 Å². The van der Waals surface area contributed by atoms with Gasteiger partial charge < -0.3 is 9.79 Å². The first-order valence-electron chi connectivity index (χ1n) is 6.55. The van der Waals surface area contributed by atoms with E-state index >= 15 is 0 Å². The first kappa shape index (κ1) is 15.9. The van der Waals surface area contributed by atoms with Gasteiger partial charge in [0.05, 0.1) is 0 Å². The van der Waals surface area contributed by atoms with E-state index in [4.69, 9.17) is 0 Å². The molecule has 0 radical (unpaired) electrons. The van der Waals surface area contributed by atoms with Crippen LogP contribution in [0.25, 0.3) is 0 Å². The van der Waals surface area contributed by atoms with Crippen molar-refractivity contribution < 1.29 is 18.7 Å². The first-order chi connectivity index (χ1) is 9.97. The van der Waals surface area contributed by atoms with Gasteiger partial charge in [0, 0.05) is 6.54 Å². The summed E-state index contributed by atoms with van der Waals surface area (Å²) < 4.78 is 24.4. The Morgan fingerprint density at radius 1 is 1.05 bits per heavy atom. The average molecular weight is 309 g/mol. The van der Waals surface area contributed by atoms with Crippen molar-refractivity contribution in [2.45, 2.75) is 12.2 Å². The zero-order valence-electron chi connectivity index (χ0n) is 11.3. The molecule has 0 fully saturated rings. The fraction of sp³-hybridized carbons (Fsp3) is 0.200. The average Bonchev–Trinajstić information content (AvgIpc) is 2.45. The molecule has 21 heavy (non-hydrogen) atoms. The summed E-state index contributed by atoms with van der Waals surface area (Å²) in [6.07, 6.45) is 0.559. The molecule has 0 aromatic heterocycles. The molecule has 1 atom stereocenters. The molecule has 0 heterocycles. The Kier molecular flexibility index (Phi) is 5.26. The van der Waals surface area contributed by atoms with E-state index in [9.17, 15) is 18.7 Å². The Morgan fingerprint density at radius 3 is 2.24 bits per heavy atom. The number of hydrogen-bond acceptors (Lipinski definition) is 2. The van der Waals surface area contributed by atoms with Crippen LogP contribution in [0.1, 0.15) is 16.9 Å². The van der Waals surface area contributed by atoms with E-state index in [0.717, 1.165) is 5.56 Å². The van der Waals surface area contributed by atoms with Gasteiger partial charge in [0.15, 0.2) is 0 Å². The van der Waals surface area contributed by atoms with E-state index in [1.54, 1.807) is 42.5 Å². The first-order valence-corrected chi connectivity index (χ1v) is 8.23. The minimum Gasteiger partial charge on any atom is -0.323 e. The van der Waals surface area contributed by atoms with E-state index in [2.05, 4.69) is 5.32 Å². The number of benzene rings is 2. The molecule has 0 amide bonds. The number of halogens is 1.